The predicted molar refractivity (Wildman–Crippen MR) is 78.3 cm³/mol. The van der Waals surface area contributed by atoms with Gasteiger partial charge in [-0.2, -0.15) is 0 Å². The fraction of sp³-hybridized carbons (Fsp3) is 0.462. The number of nitrogens with zero attached hydrogens (tertiary/aromatic N) is 1. The van der Waals surface area contributed by atoms with Gasteiger partial charge in [0.1, 0.15) is 5.82 Å². The average molecular weight is 318 g/mol. The Labute approximate surface area is 127 Å². The van der Waals surface area contributed by atoms with Crippen LogP contribution in [0.5, 0.6) is 0 Å². The summed E-state index contributed by atoms with van der Waals surface area (Å²) in [4.78, 5) is 21.9. The van der Waals surface area contributed by atoms with Gasteiger partial charge in [0, 0.05) is 11.6 Å². The topological polar surface area (TPSA) is 84.3 Å². The number of nitrogens with one attached hydrogen (secondary N) is 2. The van der Waals surface area contributed by atoms with Crippen LogP contribution in [0.3, 0.4) is 0 Å². The van der Waals surface area contributed by atoms with E-state index in [9.17, 15) is 19.3 Å². The molecule has 1 amide bonds. The summed E-state index contributed by atoms with van der Waals surface area (Å²) in [6.45, 7) is 3.49. The van der Waals surface area contributed by atoms with Crippen molar-refractivity contribution in [1.82, 2.24) is 10.6 Å². The summed E-state index contributed by atoms with van der Waals surface area (Å²) in [5.41, 5.74) is -0.918. The third kappa shape index (κ3) is 4.12. The molecule has 1 heterocycles. The van der Waals surface area contributed by atoms with E-state index in [2.05, 4.69) is 10.6 Å². The molecule has 0 saturated carbocycles. The average Bonchev–Trinajstić information content (AvgIpc) is 2.38. The first-order valence-corrected chi connectivity index (χ1v) is 6.38. The highest BCUT2D eigenvalue weighted by Crippen LogP contribution is 2.20. The van der Waals surface area contributed by atoms with E-state index in [-0.39, 0.29) is 29.2 Å². The minimum Gasteiger partial charge on any atom is -0.347 e. The second-order valence-corrected chi connectivity index (χ2v) is 5.19. The van der Waals surface area contributed by atoms with Gasteiger partial charge in [-0.05, 0) is 38.9 Å². The normalized spacial score (nSPS) is 16.7. The van der Waals surface area contributed by atoms with Gasteiger partial charge in [0.05, 0.1) is 16.6 Å². The second kappa shape index (κ2) is 6.82. The lowest BCUT2D eigenvalue weighted by atomic mass is 9.90. The van der Waals surface area contributed by atoms with Crippen molar-refractivity contribution in [3.63, 3.8) is 0 Å². The Hall–Kier alpha value is -1.73. The maximum Gasteiger partial charge on any atom is 0.272 e. The van der Waals surface area contributed by atoms with Crippen LogP contribution in [-0.2, 0) is 0 Å². The van der Waals surface area contributed by atoms with Crippen LogP contribution in [0.15, 0.2) is 18.2 Å². The van der Waals surface area contributed by atoms with Crippen molar-refractivity contribution < 1.29 is 14.1 Å². The Bertz CT molecular complexity index is 547. The van der Waals surface area contributed by atoms with Crippen molar-refractivity contribution in [2.24, 2.45) is 0 Å². The molecule has 1 aromatic rings. The highest BCUT2D eigenvalue weighted by Gasteiger charge is 2.29. The zero-order chi connectivity index (χ0) is 14.8. The molecular weight excluding hydrogens is 301 g/mol. The number of benzene rings is 1. The number of rotatable bonds is 3. The van der Waals surface area contributed by atoms with Crippen LogP contribution in [0.4, 0.5) is 10.1 Å². The fourth-order valence-corrected chi connectivity index (χ4v) is 2.25. The van der Waals surface area contributed by atoms with Gasteiger partial charge in [-0.15, -0.1) is 12.4 Å². The Kier molecular flexibility index (Phi) is 5.62. The summed E-state index contributed by atoms with van der Waals surface area (Å²) in [6.07, 6.45) is 1.51. The molecule has 1 fully saturated rings. The third-order valence-electron chi connectivity index (χ3n) is 3.53. The van der Waals surface area contributed by atoms with E-state index in [4.69, 9.17) is 0 Å². The quantitative estimate of drug-likeness (QED) is 0.660. The number of amides is 1. The molecule has 0 aromatic heterocycles. The molecule has 6 nitrogen and oxygen atoms in total. The van der Waals surface area contributed by atoms with Gasteiger partial charge in [0.2, 0.25) is 0 Å². The van der Waals surface area contributed by atoms with E-state index < -0.39 is 16.6 Å². The van der Waals surface area contributed by atoms with E-state index >= 15 is 0 Å². The van der Waals surface area contributed by atoms with Gasteiger partial charge in [0.15, 0.2) is 0 Å². The molecule has 2 rings (SSSR count). The van der Waals surface area contributed by atoms with E-state index in [0.29, 0.717) is 0 Å². The summed E-state index contributed by atoms with van der Waals surface area (Å²) in [5, 5.41) is 16.5. The SMILES string of the molecule is CC1(NC(=O)c2ccc([N+](=O)[O-])cc2F)CCNCC1.Cl. The molecule has 0 spiro atoms. The fourth-order valence-electron chi connectivity index (χ4n) is 2.25. The summed E-state index contributed by atoms with van der Waals surface area (Å²) in [6, 6.07) is 3.04. The number of carbonyl (C=O) groups excluding carboxylic acids is 1. The minimum atomic E-state index is -0.880. The number of non-ortho nitro benzene ring substituents is 1. The molecule has 21 heavy (non-hydrogen) atoms. The van der Waals surface area contributed by atoms with Gasteiger partial charge in [-0.1, -0.05) is 0 Å². The molecule has 8 heteroatoms. The van der Waals surface area contributed by atoms with Gasteiger partial charge in [-0.25, -0.2) is 4.39 Å². The molecule has 0 unspecified atom stereocenters. The molecule has 1 aromatic carbocycles. The summed E-state index contributed by atoms with van der Waals surface area (Å²) in [7, 11) is 0. The van der Waals surface area contributed by atoms with E-state index in [1.165, 1.54) is 0 Å². The number of piperidine rings is 1. The zero-order valence-corrected chi connectivity index (χ0v) is 12.3. The first-order valence-electron chi connectivity index (χ1n) is 6.38. The van der Waals surface area contributed by atoms with Gasteiger partial charge >= 0.3 is 0 Å². The maximum absolute atomic E-state index is 13.8. The molecule has 1 saturated heterocycles. The largest absolute Gasteiger partial charge is 0.347 e. The number of hydrogen-bond donors (Lipinski definition) is 2. The number of hydrogen-bond acceptors (Lipinski definition) is 4. The highest BCUT2D eigenvalue weighted by molar-refractivity contribution is 5.95. The number of halogens is 2. The Morgan fingerprint density at radius 3 is 2.57 bits per heavy atom. The maximum atomic E-state index is 13.8. The first kappa shape index (κ1) is 17.3. The molecule has 0 radical (unpaired) electrons. The minimum absolute atomic E-state index is 0. The first-order chi connectivity index (χ1) is 9.41. The van der Waals surface area contributed by atoms with Crippen molar-refractivity contribution in [2.45, 2.75) is 25.3 Å². The monoisotopic (exact) mass is 317 g/mol. The third-order valence-corrected chi connectivity index (χ3v) is 3.53. The molecule has 1 aliphatic rings. The lowest BCUT2D eigenvalue weighted by molar-refractivity contribution is -0.385. The molecule has 2 N–H and O–H groups in total. The smallest absolute Gasteiger partial charge is 0.272 e. The van der Waals surface area contributed by atoms with Crippen LogP contribution < -0.4 is 10.6 Å². The summed E-state index contributed by atoms with van der Waals surface area (Å²) >= 11 is 0. The molecule has 116 valence electrons. The number of nitro groups is 1. The van der Waals surface area contributed by atoms with Crippen LogP contribution in [0.2, 0.25) is 0 Å². The lowest BCUT2D eigenvalue weighted by Gasteiger charge is -2.35. The van der Waals surface area contributed by atoms with Gasteiger partial charge in [0.25, 0.3) is 11.6 Å². The predicted octanol–water partition coefficient (Wildman–Crippen LogP) is 2.03. The molecule has 0 bridgehead atoms. The van der Waals surface area contributed by atoms with E-state index in [1.807, 2.05) is 6.92 Å². The molecule has 1 aliphatic heterocycles. The Morgan fingerprint density at radius 2 is 2.05 bits per heavy atom. The van der Waals surface area contributed by atoms with Crippen molar-refractivity contribution in [3.05, 3.63) is 39.7 Å². The van der Waals surface area contributed by atoms with Gasteiger partial charge in [-0.3, -0.25) is 14.9 Å². The Balaban J connectivity index is 0.00000220. The number of carbonyl (C=O) groups is 1. The lowest BCUT2D eigenvalue weighted by Crippen LogP contribution is -2.52. The standard InChI is InChI=1S/C13H16FN3O3.ClH/c1-13(4-6-15-7-5-13)16-12(18)10-3-2-9(17(19)20)8-11(10)14;/h2-3,8,15H,4-7H2,1H3,(H,16,18);1H. The molecule has 0 aliphatic carbocycles. The second-order valence-electron chi connectivity index (χ2n) is 5.19. The van der Waals surface area contributed by atoms with E-state index in [1.54, 1.807) is 0 Å². The Morgan fingerprint density at radius 1 is 1.43 bits per heavy atom. The van der Waals surface area contributed by atoms with Crippen LogP contribution in [-0.4, -0.2) is 29.5 Å². The van der Waals surface area contributed by atoms with Crippen LogP contribution in [0.1, 0.15) is 30.1 Å². The highest BCUT2D eigenvalue weighted by atomic mass is 35.5. The summed E-state index contributed by atoms with van der Waals surface area (Å²) in [5.74, 6) is -1.42. The van der Waals surface area contributed by atoms with Crippen molar-refractivity contribution in [1.29, 1.82) is 0 Å². The van der Waals surface area contributed by atoms with Gasteiger partial charge < -0.3 is 10.6 Å². The number of nitro benzene ring substituents is 1. The zero-order valence-electron chi connectivity index (χ0n) is 11.5. The van der Waals surface area contributed by atoms with Crippen molar-refractivity contribution in [3.8, 4) is 0 Å². The molecular formula is C13H17ClFN3O3. The van der Waals surface area contributed by atoms with Crippen molar-refractivity contribution in [2.75, 3.05) is 13.1 Å². The summed E-state index contributed by atoms with van der Waals surface area (Å²) < 4.78 is 13.8. The van der Waals surface area contributed by atoms with Crippen molar-refractivity contribution >= 4 is 24.0 Å². The van der Waals surface area contributed by atoms with E-state index in [0.717, 1.165) is 44.1 Å². The van der Waals surface area contributed by atoms with Crippen LogP contribution in [0, 0.1) is 15.9 Å². The van der Waals surface area contributed by atoms with Crippen LogP contribution >= 0.6 is 12.4 Å². The molecule has 0 atom stereocenters. The van der Waals surface area contributed by atoms with Crippen LogP contribution in [0.25, 0.3) is 0 Å².